The minimum absolute atomic E-state index is 0.692. The predicted octanol–water partition coefficient (Wildman–Crippen LogP) is 3.65. The molecule has 29 heavy (non-hydrogen) atoms. The number of nitrogens with one attached hydrogen (secondary N) is 3. The second kappa shape index (κ2) is 10.9. The Balaban J connectivity index is 1.76. The van der Waals surface area contributed by atoms with Crippen molar-refractivity contribution in [1.29, 1.82) is 0 Å². The Hall–Kier alpha value is -3.31. The standard InChI is InChI=1S/C23H24ClN5/c24-21-9-4-5-10-23(21)29-22-12-11-19(28-14-6-13-26-17-27-16-25)15-20(22)18-7-2-1-3-8-18/h1-5,7-12,15-17,28-29H,6,13-14H2,(H2,25,26,27)/p+1. The Kier molecular flexibility index (Phi) is 7.66. The van der Waals surface area contributed by atoms with Gasteiger partial charge in [0.2, 0.25) is 6.34 Å². The molecule has 0 radical (unpaired) electrons. The first-order chi connectivity index (χ1) is 14.3. The first kappa shape index (κ1) is 20.4. The number of rotatable bonds is 9. The second-order valence-electron chi connectivity index (χ2n) is 6.39. The Bertz CT molecular complexity index is 970. The fourth-order valence-electron chi connectivity index (χ4n) is 2.91. The molecule has 0 unspecified atom stereocenters. The van der Waals surface area contributed by atoms with Crippen molar-refractivity contribution in [3.05, 3.63) is 77.8 Å². The molecule has 0 aliphatic rings. The van der Waals surface area contributed by atoms with Crippen LogP contribution >= 0.6 is 11.6 Å². The van der Waals surface area contributed by atoms with Crippen LogP contribution in [0.4, 0.5) is 17.1 Å². The van der Waals surface area contributed by atoms with Crippen molar-refractivity contribution >= 4 is 41.3 Å². The molecule has 0 bridgehead atoms. The van der Waals surface area contributed by atoms with E-state index in [1.54, 1.807) is 6.34 Å². The summed E-state index contributed by atoms with van der Waals surface area (Å²) in [5, 5.41) is 7.63. The summed E-state index contributed by atoms with van der Waals surface area (Å²) in [6.07, 6.45) is 3.81. The van der Waals surface area contributed by atoms with Crippen LogP contribution in [0.1, 0.15) is 6.42 Å². The van der Waals surface area contributed by atoms with E-state index in [0.717, 1.165) is 47.7 Å². The Morgan fingerprint density at radius 3 is 2.55 bits per heavy atom. The molecule has 0 aliphatic heterocycles. The summed E-state index contributed by atoms with van der Waals surface area (Å²) in [4.78, 5) is 6.89. The fraction of sp³-hybridized carbons (Fsp3) is 0.130. The number of nitrogens with two attached hydrogens (primary N) is 1. The van der Waals surface area contributed by atoms with Crippen molar-refractivity contribution < 1.29 is 4.99 Å². The Morgan fingerprint density at radius 2 is 1.76 bits per heavy atom. The Morgan fingerprint density at radius 1 is 0.966 bits per heavy atom. The van der Waals surface area contributed by atoms with Gasteiger partial charge in [-0.1, -0.05) is 54.1 Å². The molecule has 6 heteroatoms. The van der Waals surface area contributed by atoms with Crippen LogP contribution in [-0.2, 0) is 0 Å². The van der Waals surface area contributed by atoms with Crippen LogP contribution in [0.3, 0.4) is 0 Å². The third kappa shape index (κ3) is 6.09. The molecule has 148 valence electrons. The van der Waals surface area contributed by atoms with Gasteiger partial charge in [0.05, 0.1) is 17.3 Å². The first-order valence-corrected chi connectivity index (χ1v) is 9.89. The average molecular weight is 407 g/mol. The highest BCUT2D eigenvalue weighted by Crippen LogP contribution is 2.34. The average Bonchev–Trinajstić information content (AvgIpc) is 2.76. The molecule has 3 aromatic carbocycles. The van der Waals surface area contributed by atoms with Crippen LogP contribution < -0.4 is 21.4 Å². The number of hydrogen-bond donors (Lipinski definition) is 4. The van der Waals surface area contributed by atoms with Crippen molar-refractivity contribution in [1.82, 2.24) is 0 Å². The zero-order valence-electron chi connectivity index (χ0n) is 16.1. The summed E-state index contributed by atoms with van der Waals surface area (Å²) < 4.78 is 0. The van der Waals surface area contributed by atoms with Gasteiger partial charge < -0.3 is 16.4 Å². The second-order valence-corrected chi connectivity index (χ2v) is 6.80. The SMILES string of the molecule is NC=NC=[NH+]CCCNc1ccc(Nc2ccccc2Cl)c(-c2ccccc2)c1. The Labute approximate surface area is 176 Å². The van der Waals surface area contributed by atoms with E-state index in [9.17, 15) is 0 Å². The van der Waals surface area contributed by atoms with Gasteiger partial charge in [0.25, 0.3) is 6.34 Å². The summed E-state index contributed by atoms with van der Waals surface area (Å²) in [6.45, 7) is 1.67. The van der Waals surface area contributed by atoms with Gasteiger partial charge in [-0.25, -0.2) is 0 Å². The van der Waals surface area contributed by atoms with Crippen LogP contribution in [0.15, 0.2) is 77.8 Å². The zero-order valence-corrected chi connectivity index (χ0v) is 16.9. The van der Waals surface area contributed by atoms with Crippen molar-refractivity contribution in [2.24, 2.45) is 10.7 Å². The van der Waals surface area contributed by atoms with Gasteiger partial charge in [0.1, 0.15) is 0 Å². The van der Waals surface area contributed by atoms with E-state index >= 15 is 0 Å². The van der Waals surface area contributed by atoms with Crippen molar-refractivity contribution in [3.8, 4) is 11.1 Å². The number of hydrogen-bond acceptors (Lipinski definition) is 2. The minimum atomic E-state index is 0.692. The lowest BCUT2D eigenvalue weighted by Crippen LogP contribution is -2.68. The maximum absolute atomic E-state index is 6.33. The molecule has 0 saturated heterocycles. The quantitative estimate of drug-likeness (QED) is 0.249. The zero-order chi connectivity index (χ0) is 20.3. The highest BCUT2D eigenvalue weighted by molar-refractivity contribution is 6.33. The smallest absolute Gasteiger partial charge is 0.281 e. The predicted molar refractivity (Wildman–Crippen MR) is 124 cm³/mol. The number of para-hydroxylation sites is 1. The largest absolute Gasteiger partial charge is 0.385 e. The van der Waals surface area contributed by atoms with Crippen LogP contribution in [-0.4, -0.2) is 25.8 Å². The number of benzene rings is 3. The number of aliphatic imine (C=N–C) groups is 1. The summed E-state index contributed by atoms with van der Waals surface area (Å²) in [5.74, 6) is 0. The fourth-order valence-corrected chi connectivity index (χ4v) is 3.09. The van der Waals surface area contributed by atoms with Crippen LogP contribution in [0.2, 0.25) is 5.02 Å². The molecular formula is C23H25ClN5+. The van der Waals surface area contributed by atoms with Crippen LogP contribution in [0.5, 0.6) is 0 Å². The van der Waals surface area contributed by atoms with Gasteiger partial charge in [-0.15, -0.1) is 0 Å². The molecule has 5 N–H and O–H groups in total. The molecule has 3 aromatic rings. The third-order valence-corrected chi connectivity index (χ3v) is 4.66. The molecule has 0 fully saturated rings. The van der Waals surface area contributed by atoms with Gasteiger partial charge in [-0.05, 0) is 40.9 Å². The lowest BCUT2D eigenvalue weighted by molar-refractivity contribution is -0.452. The van der Waals surface area contributed by atoms with E-state index < -0.39 is 0 Å². The highest BCUT2D eigenvalue weighted by Gasteiger charge is 2.08. The molecule has 0 saturated carbocycles. The molecule has 3 rings (SSSR count). The summed E-state index contributed by atoms with van der Waals surface area (Å²) in [6, 6.07) is 24.4. The number of anilines is 3. The molecule has 5 nitrogen and oxygen atoms in total. The monoisotopic (exact) mass is 406 g/mol. The summed E-state index contributed by atoms with van der Waals surface area (Å²) in [5.41, 5.74) is 10.4. The molecule has 0 spiro atoms. The number of halogens is 1. The molecular weight excluding hydrogens is 382 g/mol. The lowest BCUT2D eigenvalue weighted by atomic mass is 10.0. The molecule has 0 heterocycles. The van der Waals surface area contributed by atoms with Gasteiger partial charge in [-0.2, -0.15) is 0 Å². The number of nitrogens with zero attached hydrogens (tertiary/aromatic N) is 1. The molecule has 0 aromatic heterocycles. The van der Waals surface area contributed by atoms with E-state index in [0.29, 0.717) is 5.02 Å². The van der Waals surface area contributed by atoms with Gasteiger partial charge in [-0.3, -0.25) is 4.99 Å². The van der Waals surface area contributed by atoms with Crippen molar-refractivity contribution in [3.63, 3.8) is 0 Å². The minimum Gasteiger partial charge on any atom is -0.385 e. The first-order valence-electron chi connectivity index (χ1n) is 9.51. The van der Waals surface area contributed by atoms with E-state index in [1.807, 2.05) is 42.5 Å². The van der Waals surface area contributed by atoms with Gasteiger partial charge >= 0.3 is 0 Å². The van der Waals surface area contributed by atoms with Crippen LogP contribution in [0.25, 0.3) is 11.1 Å². The normalized spacial score (nSPS) is 11.2. The van der Waals surface area contributed by atoms with Crippen molar-refractivity contribution in [2.45, 2.75) is 6.42 Å². The summed E-state index contributed by atoms with van der Waals surface area (Å²) in [7, 11) is 0. The van der Waals surface area contributed by atoms with Crippen molar-refractivity contribution in [2.75, 3.05) is 23.7 Å². The van der Waals surface area contributed by atoms with E-state index in [1.165, 1.54) is 6.34 Å². The summed E-state index contributed by atoms with van der Waals surface area (Å²) >= 11 is 6.33. The molecule has 0 aliphatic carbocycles. The topological polar surface area (TPSA) is 76.4 Å². The van der Waals surface area contributed by atoms with Crippen LogP contribution in [0, 0.1) is 0 Å². The molecule has 0 amide bonds. The van der Waals surface area contributed by atoms with E-state index in [2.05, 4.69) is 51.0 Å². The maximum atomic E-state index is 6.33. The third-order valence-electron chi connectivity index (χ3n) is 4.33. The van der Waals surface area contributed by atoms with Gasteiger partial charge in [0.15, 0.2) is 0 Å². The highest BCUT2D eigenvalue weighted by atomic mass is 35.5. The van der Waals surface area contributed by atoms with Gasteiger partial charge in [0, 0.05) is 29.9 Å². The van der Waals surface area contributed by atoms with E-state index in [4.69, 9.17) is 17.3 Å². The maximum Gasteiger partial charge on any atom is 0.281 e. The lowest BCUT2D eigenvalue weighted by Gasteiger charge is -2.16. The molecule has 0 atom stereocenters. The van der Waals surface area contributed by atoms with E-state index in [-0.39, 0.29) is 0 Å².